The van der Waals surface area contributed by atoms with Crippen molar-refractivity contribution < 1.29 is 9.59 Å². The van der Waals surface area contributed by atoms with Crippen molar-refractivity contribution in [3.05, 3.63) is 29.8 Å². The molecule has 25 heavy (non-hydrogen) atoms. The lowest BCUT2D eigenvalue weighted by Gasteiger charge is -2.34. The number of anilines is 1. The lowest BCUT2D eigenvalue weighted by Crippen LogP contribution is -2.50. The molecule has 0 spiro atoms. The highest BCUT2D eigenvalue weighted by atomic mass is 16.2. The summed E-state index contributed by atoms with van der Waals surface area (Å²) in [6.07, 6.45) is 2.47. The van der Waals surface area contributed by atoms with Gasteiger partial charge in [0.25, 0.3) is 0 Å². The van der Waals surface area contributed by atoms with Crippen LogP contribution in [0.5, 0.6) is 0 Å². The van der Waals surface area contributed by atoms with Gasteiger partial charge in [-0.2, -0.15) is 0 Å². The molecule has 0 atom stereocenters. The molecule has 1 fully saturated rings. The minimum absolute atomic E-state index is 0.0143. The maximum atomic E-state index is 12.3. The molecule has 0 bridgehead atoms. The number of carbonyl (C=O) groups is 2. The van der Waals surface area contributed by atoms with Crippen molar-refractivity contribution >= 4 is 17.5 Å². The number of para-hydroxylation sites is 1. The van der Waals surface area contributed by atoms with E-state index in [1.54, 1.807) is 0 Å². The Morgan fingerprint density at radius 2 is 1.80 bits per heavy atom. The summed E-state index contributed by atoms with van der Waals surface area (Å²) in [7, 11) is 0. The molecule has 0 unspecified atom stereocenters. The van der Waals surface area contributed by atoms with Crippen LogP contribution in [0.4, 0.5) is 5.69 Å². The number of nitrogens with one attached hydrogen (secondary N) is 1. The fourth-order valence-corrected chi connectivity index (χ4v) is 3.07. The summed E-state index contributed by atoms with van der Waals surface area (Å²) in [4.78, 5) is 28.5. The van der Waals surface area contributed by atoms with Crippen molar-refractivity contribution in [2.24, 2.45) is 5.92 Å². The molecule has 0 aromatic heterocycles. The highest BCUT2D eigenvalue weighted by Crippen LogP contribution is 2.15. The Kier molecular flexibility index (Phi) is 7.44. The van der Waals surface area contributed by atoms with Gasteiger partial charge in [-0.15, -0.1) is 0 Å². The van der Waals surface area contributed by atoms with Crippen LogP contribution in [-0.4, -0.2) is 54.3 Å². The fraction of sp³-hybridized carbons (Fsp3) is 0.600. The second-order valence-corrected chi connectivity index (χ2v) is 7.15. The Labute approximate surface area is 151 Å². The van der Waals surface area contributed by atoms with Crippen LogP contribution in [0.3, 0.4) is 0 Å². The first-order valence-corrected chi connectivity index (χ1v) is 9.37. The zero-order valence-corrected chi connectivity index (χ0v) is 15.8. The topological polar surface area (TPSA) is 52.7 Å². The molecule has 1 aromatic rings. The summed E-state index contributed by atoms with van der Waals surface area (Å²) in [5, 5.41) is 3.01. The number of hydrogen-bond acceptors (Lipinski definition) is 3. The van der Waals surface area contributed by atoms with E-state index in [4.69, 9.17) is 0 Å². The number of hydrogen-bond donors (Lipinski definition) is 1. The van der Waals surface area contributed by atoms with Crippen molar-refractivity contribution in [2.75, 3.05) is 38.0 Å². The number of rotatable bonds is 7. The van der Waals surface area contributed by atoms with Gasteiger partial charge in [-0.25, -0.2) is 0 Å². The molecule has 0 aliphatic carbocycles. The van der Waals surface area contributed by atoms with Crippen LogP contribution >= 0.6 is 0 Å². The third kappa shape index (κ3) is 6.16. The van der Waals surface area contributed by atoms with E-state index in [9.17, 15) is 9.59 Å². The van der Waals surface area contributed by atoms with Gasteiger partial charge in [0.2, 0.25) is 11.8 Å². The van der Waals surface area contributed by atoms with Gasteiger partial charge in [-0.1, -0.05) is 39.0 Å². The second-order valence-electron chi connectivity index (χ2n) is 7.15. The van der Waals surface area contributed by atoms with Gasteiger partial charge in [0.15, 0.2) is 0 Å². The van der Waals surface area contributed by atoms with Gasteiger partial charge in [-0.3, -0.25) is 14.5 Å². The van der Waals surface area contributed by atoms with Crippen LogP contribution in [0.25, 0.3) is 0 Å². The van der Waals surface area contributed by atoms with E-state index in [-0.39, 0.29) is 11.8 Å². The molecule has 2 rings (SSSR count). The Hall–Kier alpha value is -1.88. The van der Waals surface area contributed by atoms with Crippen LogP contribution in [0.1, 0.15) is 39.2 Å². The minimum atomic E-state index is 0.0143. The normalized spacial score (nSPS) is 15.4. The van der Waals surface area contributed by atoms with Crippen LogP contribution in [0, 0.1) is 5.92 Å². The SMILES string of the molecule is CCc1ccccc1NC(=O)CN1CCN(C(=O)CCC(C)C)CC1. The van der Waals surface area contributed by atoms with E-state index in [2.05, 4.69) is 31.0 Å². The average molecular weight is 345 g/mol. The van der Waals surface area contributed by atoms with Crippen LogP contribution in [0.2, 0.25) is 0 Å². The largest absolute Gasteiger partial charge is 0.340 e. The summed E-state index contributed by atoms with van der Waals surface area (Å²) in [5.41, 5.74) is 2.05. The van der Waals surface area contributed by atoms with E-state index in [1.807, 2.05) is 29.2 Å². The quantitative estimate of drug-likeness (QED) is 0.827. The van der Waals surface area contributed by atoms with Gasteiger partial charge >= 0.3 is 0 Å². The minimum Gasteiger partial charge on any atom is -0.340 e. The second kappa shape index (κ2) is 9.56. The van der Waals surface area contributed by atoms with E-state index < -0.39 is 0 Å². The lowest BCUT2D eigenvalue weighted by atomic mass is 10.1. The zero-order chi connectivity index (χ0) is 18.2. The summed E-state index contributed by atoms with van der Waals surface area (Å²) in [6.45, 7) is 9.70. The lowest BCUT2D eigenvalue weighted by molar-refractivity contribution is -0.133. The van der Waals surface area contributed by atoms with E-state index in [0.717, 1.165) is 50.3 Å². The van der Waals surface area contributed by atoms with Crippen LogP contribution in [-0.2, 0) is 16.0 Å². The predicted octanol–water partition coefficient (Wildman–Crippen LogP) is 2.77. The number of nitrogens with zero attached hydrogens (tertiary/aromatic N) is 2. The van der Waals surface area contributed by atoms with Crippen molar-refractivity contribution in [1.82, 2.24) is 9.80 Å². The molecule has 1 aliphatic heterocycles. The first-order chi connectivity index (χ1) is 12.0. The first kappa shape index (κ1) is 19.4. The number of benzene rings is 1. The number of amides is 2. The highest BCUT2D eigenvalue weighted by Gasteiger charge is 2.22. The van der Waals surface area contributed by atoms with Crippen molar-refractivity contribution in [2.45, 2.75) is 40.0 Å². The molecular formula is C20H31N3O2. The monoisotopic (exact) mass is 345 g/mol. The van der Waals surface area contributed by atoms with Crippen molar-refractivity contribution in [1.29, 1.82) is 0 Å². The average Bonchev–Trinajstić information content (AvgIpc) is 2.60. The standard InChI is InChI=1S/C20H31N3O2/c1-4-17-7-5-6-8-18(17)21-19(24)15-22-11-13-23(14-12-22)20(25)10-9-16(2)3/h5-8,16H,4,9-15H2,1-3H3,(H,21,24). The third-order valence-electron chi connectivity index (χ3n) is 4.70. The first-order valence-electron chi connectivity index (χ1n) is 9.37. The number of carbonyl (C=O) groups excluding carboxylic acids is 2. The third-order valence-corrected chi connectivity index (χ3v) is 4.70. The van der Waals surface area contributed by atoms with Gasteiger partial charge in [0, 0.05) is 38.3 Å². The molecular weight excluding hydrogens is 314 g/mol. The van der Waals surface area contributed by atoms with Crippen molar-refractivity contribution in [3.63, 3.8) is 0 Å². The van der Waals surface area contributed by atoms with E-state index in [0.29, 0.717) is 18.9 Å². The molecule has 1 aromatic carbocycles. The van der Waals surface area contributed by atoms with Crippen LogP contribution < -0.4 is 5.32 Å². The summed E-state index contributed by atoms with van der Waals surface area (Å²) in [5.74, 6) is 0.815. The Morgan fingerprint density at radius 3 is 2.44 bits per heavy atom. The van der Waals surface area contributed by atoms with Crippen molar-refractivity contribution in [3.8, 4) is 0 Å². The summed E-state index contributed by atoms with van der Waals surface area (Å²) in [6, 6.07) is 7.92. The Balaban J connectivity index is 1.76. The number of piperazine rings is 1. The zero-order valence-electron chi connectivity index (χ0n) is 15.8. The molecule has 1 heterocycles. The smallest absolute Gasteiger partial charge is 0.238 e. The molecule has 1 aliphatic rings. The Morgan fingerprint density at radius 1 is 1.12 bits per heavy atom. The van der Waals surface area contributed by atoms with Crippen LogP contribution in [0.15, 0.2) is 24.3 Å². The fourth-order valence-electron chi connectivity index (χ4n) is 3.07. The van der Waals surface area contributed by atoms with E-state index in [1.165, 1.54) is 0 Å². The Bertz CT molecular complexity index is 578. The maximum Gasteiger partial charge on any atom is 0.238 e. The molecule has 2 amide bonds. The number of aryl methyl sites for hydroxylation is 1. The molecule has 0 saturated carbocycles. The molecule has 0 radical (unpaired) electrons. The molecule has 5 nitrogen and oxygen atoms in total. The predicted molar refractivity (Wildman–Crippen MR) is 102 cm³/mol. The van der Waals surface area contributed by atoms with E-state index >= 15 is 0 Å². The highest BCUT2D eigenvalue weighted by molar-refractivity contribution is 5.93. The summed E-state index contributed by atoms with van der Waals surface area (Å²) < 4.78 is 0. The maximum absolute atomic E-state index is 12.3. The van der Waals surface area contributed by atoms with Gasteiger partial charge < -0.3 is 10.2 Å². The van der Waals surface area contributed by atoms with Gasteiger partial charge in [-0.05, 0) is 30.4 Å². The summed E-state index contributed by atoms with van der Waals surface area (Å²) >= 11 is 0. The molecule has 1 saturated heterocycles. The van der Waals surface area contributed by atoms with Gasteiger partial charge in [0.05, 0.1) is 6.54 Å². The molecule has 138 valence electrons. The molecule has 1 N–H and O–H groups in total. The van der Waals surface area contributed by atoms with Gasteiger partial charge in [0.1, 0.15) is 0 Å². The molecule has 5 heteroatoms.